The Bertz CT molecular complexity index is 1230. The third kappa shape index (κ3) is 6.73. The Morgan fingerprint density at radius 2 is 1.84 bits per heavy atom. The van der Waals surface area contributed by atoms with Crippen LogP contribution in [0.3, 0.4) is 0 Å². The van der Waals surface area contributed by atoms with E-state index in [1.165, 1.54) is 23.3 Å². The van der Waals surface area contributed by atoms with Gasteiger partial charge in [0.05, 0.1) is 35.7 Å². The van der Waals surface area contributed by atoms with Gasteiger partial charge in [-0.25, -0.2) is 9.07 Å². The molecular weight excluding hydrogens is 471 g/mol. The van der Waals surface area contributed by atoms with Gasteiger partial charge < -0.3 is 15.3 Å². The molecule has 7 heteroatoms. The molecule has 2 aromatic carbocycles. The number of aliphatic carboxylic acids is 1. The number of fused-ring (bicyclic) bond motifs is 1. The number of carbonyl (C=O) groups is 1. The van der Waals surface area contributed by atoms with Gasteiger partial charge in [-0.2, -0.15) is 5.10 Å². The second-order valence-electron chi connectivity index (χ2n) is 10.2. The van der Waals surface area contributed by atoms with Gasteiger partial charge in [0, 0.05) is 17.9 Å². The van der Waals surface area contributed by atoms with Gasteiger partial charge in [-0.3, -0.25) is 4.79 Å². The van der Waals surface area contributed by atoms with Crippen LogP contribution < -0.4 is 0 Å². The summed E-state index contributed by atoms with van der Waals surface area (Å²) in [5.74, 6) is -0.721. The molecule has 0 saturated heterocycles. The van der Waals surface area contributed by atoms with E-state index in [9.17, 15) is 19.4 Å². The van der Waals surface area contributed by atoms with Gasteiger partial charge in [-0.15, -0.1) is 0 Å². The molecule has 1 aliphatic rings. The maximum atomic E-state index is 13.6. The van der Waals surface area contributed by atoms with Crippen LogP contribution in [-0.4, -0.2) is 43.3 Å². The summed E-state index contributed by atoms with van der Waals surface area (Å²) in [6, 6.07) is 14.9. The molecule has 0 fully saturated rings. The number of aliphatic hydroxyl groups excluding tert-OH is 2. The van der Waals surface area contributed by atoms with E-state index in [1.54, 1.807) is 29.0 Å². The lowest BCUT2D eigenvalue weighted by atomic mass is 9.82. The molecule has 0 aliphatic heterocycles. The fourth-order valence-corrected chi connectivity index (χ4v) is 5.04. The lowest BCUT2D eigenvalue weighted by Gasteiger charge is -2.22. The van der Waals surface area contributed by atoms with Gasteiger partial charge in [-0.05, 0) is 73.1 Å². The molecule has 0 radical (unpaired) electrons. The molecule has 3 atom stereocenters. The summed E-state index contributed by atoms with van der Waals surface area (Å²) in [7, 11) is 0. The number of benzene rings is 2. The summed E-state index contributed by atoms with van der Waals surface area (Å²) in [5.41, 5.74) is 6.23. The van der Waals surface area contributed by atoms with Gasteiger partial charge >= 0.3 is 5.97 Å². The van der Waals surface area contributed by atoms with Crippen molar-refractivity contribution < 1.29 is 24.5 Å². The monoisotopic (exact) mass is 506 g/mol. The van der Waals surface area contributed by atoms with Crippen molar-refractivity contribution in [3.05, 3.63) is 88.5 Å². The molecule has 1 aromatic heterocycles. The number of carboxylic acids is 1. The van der Waals surface area contributed by atoms with Crippen molar-refractivity contribution >= 4 is 12.0 Å². The first-order chi connectivity index (χ1) is 17.7. The number of hydrogen-bond donors (Lipinski definition) is 3. The van der Waals surface area contributed by atoms with Gasteiger partial charge in [0.25, 0.3) is 0 Å². The first-order valence-electron chi connectivity index (χ1n) is 12.9. The Balaban J connectivity index is 1.65. The molecule has 3 N–H and O–H groups in total. The van der Waals surface area contributed by atoms with Crippen LogP contribution in [0.4, 0.5) is 4.39 Å². The van der Waals surface area contributed by atoms with E-state index in [1.807, 2.05) is 0 Å². The second-order valence-corrected chi connectivity index (χ2v) is 10.2. The Morgan fingerprint density at radius 1 is 1.14 bits per heavy atom. The van der Waals surface area contributed by atoms with E-state index < -0.39 is 24.6 Å². The van der Waals surface area contributed by atoms with Crippen molar-refractivity contribution in [3.8, 4) is 5.69 Å². The molecule has 1 aliphatic carbocycles. The van der Waals surface area contributed by atoms with Crippen LogP contribution >= 0.6 is 0 Å². The number of rotatable bonds is 10. The minimum Gasteiger partial charge on any atom is -0.481 e. The standard InChI is InChI=1S/C30H35FN2O4/c1-19(2)21-8-6-20(7-9-21)16-22-4-3-5-27-28(15-14-25(34)17-26(35)18-29(36)37)33(32-30(22)27)24-12-10-23(31)11-13-24/h6-15,19,22,25-26,34-35H,3-5,16-18H2,1-2H3,(H,36,37)/b15-14+/t22?,25-,26-/m1/s1. The fraction of sp³-hybridized carbons (Fsp3) is 0.400. The number of halogens is 1. The summed E-state index contributed by atoms with van der Waals surface area (Å²) in [4.78, 5) is 10.8. The second kappa shape index (κ2) is 11.8. The molecule has 0 amide bonds. The first-order valence-corrected chi connectivity index (χ1v) is 12.9. The highest BCUT2D eigenvalue weighted by Gasteiger charge is 2.28. The normalized spacial score (nSPS) is 17.2. The van der Waals surface area contributed by atoms with E-state index >= 15 is 0 Å². The minimum atomic E-state index is -1.14. The Labute approximate surface area is 217 Å². The number of carboxylic acid groups (broad SMARTS) is 1. The predicted octanol–water partition coefficient (Wildman–Crippen LogP) is 5.40. The van der Waals surface area contributed by atoms with E-state index in [-0.39, 0.29) is 18.2 Å². The van der Waals surface area contributed by atoms with Crippen LogP contribution in [0, 0.1) is 5.82 Å². The maximum absolute atomic E-state index is 13.6. The van der Waals surface area contributed by atoms with Crippen LogP contribution in [0.5, 0.6) is 0 Å². The Hall–Kier alpha value is -3.29. The zero-order valence-electron chi connectivity index (χ0n) is 21.3. The van der Waals surface area contributed by atoms with Crippen molar-refractivity contribution in [1.29, 1.82) is 0 Å². The third-order valence-corrected chi connectivity index (χ3v) is 7.02. The van der Waals surface area contributed by atoms with Crippen molar-refractivity contribution in [2.45, 2.75) is 76.4 Å². The lowest BCUT2D eigenvalue weighted by molar-refractivity contribution is -0.139. The van der Waals surface area contributed by atoms with Crippen molar-refractivity contribution in [1.82, 2.24) is 9.78 Å². The zero-order chi connectivity index (χ0) is 26.5. The molecule has 6 nitrogen and oxygen atoms in total. The van der Waals surface area contributed by atoms with E-state index in [4.69, 9.17) is 10.2 Å². The predicted molar refractivity (Wildman–Crippen MR) is 141 cm³/mol. The molecule has 1 heterocycles. The molecule has 0 saturated carbocycles. The minimum absolute atomic E-state index is 0.0787. The molecule has 0 bridgehead atoms. The highest BCUT2D eigenvalue weighted by Crippen LogP contribution is 2.37. The van der Waals surface area contributed by atoms with Crippen LogP contribution in [0.15, 0.2) is 54.6 Å². The highest BCUT2D eigenvalue weighted by molar-refractivity contribution is 5.67. The molecule has 4 rings (SSSR count). The highest BCUT2D eigenvalue weighted by atomic mass is 19.1. The number of aromatic nitrogens is 2. The average molecular weight is 507 g/mol. The maximum Gasteiger partial charge on any atom is 0.305 e. The summed E-state index contributed by atoms with van der Waals surface area (Å²) < 4.78 is 15.4. The largest absolute Gasteiger partial charge is 0.481 e. The molecule has 1 unspecified atom stereocenters. The van der Waals surface area contributed by atoms with Crippen LogP contribution in [0.1, 0.15) is 79.4 Å². The molecule has 0 spiro atoms. The van der Waals surface area contributed by atoms with Crippen LogP contribution in [0.25, 0.3) is 11.8 Å². The summed E-state index contributed by atoms with van der Waals surface area (Å²) in [5, 5.41) is 34.2. The number of aliphatic hydroxyl groups is 2. The van der Waals surface area contributed by atoms with E-state index in [0.29, 0.717) is 5.92 Å². The summed E-state index contributed by atoms with van der Waals surface area (Å²) in [6.45, 7) is 4.37. The van der Waals surface area contributed by atoms with Gasteiger partial charge in [-0.1, -0.05) is 44.2 Å². The van der Waals surface area contributed by atoms with Gasteiger partial charge in [0.2, 0.25) is 0 Å². The number of nitrogens with zero attached hydrogens (tertiary/aromatic N) is 2. The molecule has 37 heavy (non-hydrogen) atoms. The van der Waals surface area contributed by atoms with Crippen LogP contribution in [-0.2, 0) is 17.6 Å². The number of hydrogen-bond acceptors (Lipinski definition) is 4. The van der Waals surface area contributed by atoms with E-state index in [0.717, 1.165) is 48.3 Å². The van der Waals surface area contributed by atoms with Crippen LogP contribution in [0.2, 0.25) is 0 Å². The van der Waals surface area contributed by atoms with Crippen molar-refractivity contribution in [3.63, 3.8) is 0 Å². The fourth-order valence-electron chi connectivity index (χ4n) is 5.04. The quantitative estimate of drug-likeness (QED) is 0.342. The van der Waals surface area contributed by atoms with Gasteiger partial charge in [0.15, 0.2) is 0 Å². The van der Waals surface area contributed by atoms with Crippen molar-refractivity contribution in [2.75, 3.05) is 0 Å². The SMILES string of the molecule is CC(C)c1ccc(CC2CCCc3c2nn(-c2ccc(F)cc2)c3/C=C/[C@@H](O)C[C@@H](O)CC(=O)O)cc1. The topological polar surface area (TPSA) is 95.6 Å². The average Bonchev–Trinajstić information content (AvgIpc) is 3.22. The smallest absolute Gasteiger partial charge is 0.305 e. The Kier molecular flexibility index (Phi) is 8.56. The Morgan fingerprint density at radius 3 is 2.49 bits per heavy atom. The third-order valence-electron chi connectivity index (χ3n) is 7.02. The summed E-state index contributed by atoms with van der Waals surface area (Å²) >= 11 is 0. The van der Waals surface area contributed by atoms with E-state index in [2.05, 4.69) is 38.1 Å². The lowest BCUT2D eigenvalue weighted by Crippen LogP contribution is -2.19. The molecule has 196 valence electrons. The van der Waals surface area contributed by atoms with Gasteiger partial charge in [0.1, 0.15) is 5.82 Å². The molecule has 3 aromatic rings. The molecular formula is C30H35FN2O4. The first kappa shape index (κ1) is 26.8. The van der Waals surface area contributed by atoms with Crippen molar-refractivity contribution in [2.24, 2.45) is 0 Å². The zero-order valence-corrected chi connectivity index (χ0v) is 21.3. The summed E-state index contributed by atoms with van der Waals surface area (Å²) in [6.07, 6.45) is 4.45.